The first-order valence-electron chi connectivity index (χ1n) is 14.4. The molecule has 44 heavy (non-hydrogen) atoms. The van der Waals surface area contributed by atoms with Crippen LogP contribution >= 0.6 is 0 Å². The molecule has 10 heteroatoms. The van der Waals surface area contributed by atoms with Gasteiger partial charge in [-0.05, 0) is 53.3 Å². The number of anilines is 1. The molecule has 2 heterocycles. The molecule has 2 aliphatic heterocycles. The van der Waals surface area contributed by atoms with Gasteiger partial charge in [0.15, 0.2) is 0 Å². The van der Waals surface area contributed by atoms with E-state index in [0.717, 1.165) is 17.7 Å². The van der Waals surface area contributed by atoms with Crippen molar-refractivity contribution in [2.75, 3.05) is 11.9 Å². The van der Waals surface area contributed by atoms with Crippen molar-refractivity contribution in [1.82, 2.24) is 15.5 Å². The normalized spacial score (nSPS) is 20.3. The molecule has 3 N–H and O–H groups in total. The maximum atomic E-state index is 14.2. The van der Waals surface area contributed by atoms with Crippen LogP contribution in [0.25, 0.3) is 0 Å². The van der Waals surface area contributed by atoms with Crippen LogP contribution in [0.5, 0.6) is 0 Å². The van der Waals surface area contributed by atoms with Crippen molar-refractivity contribution < 1.29 is 23.6 Å². The number of amides is 4. The summed E-state index contributed by atoms with van der Waals surface area (Å²) in [6.45, 7) is 5.78. The Morgan fingerprint density at radius 2 is 1.68 bits per heavy atom. The average molecular weight is 596 g/mol. The van der Waals surface area contributed by atoms with Crippen LogP contribution in [0.3, 0.4) is 0 Å². The maximum absolute atomic E-state index is 14.2. The monoisotopic (exact) mass is 595 g/mol. The van der Waals surface area contributed by atoms with E-state index < -0.39 is 52.5 Å². The number of nitrogens with zero attached hydrogens (tertiary/aromatic N) is 2. The SMILES string of the molecule is CC(C)(C)C[C@H](NC(=O)[C@@H](NC(=O)c1ccc(F)cc1)c1ccccc1)C(=O)N1C[C@]2(C[C@H]1C#N)C(=O)Nc1ccccc12. The summed E-state index contributed by atoms with van der Waals surface area (Å²) in [5, 5.41) is 18.5. The molecule has 5 rings (SSSR count). The summed E-state index contributed by atoms with van der Waals surface area (Å²) < 4.78 is 13.5. The summed E-state index contributed by atoms with van der Waals surface area (Å²) >= 11 is 0. The lowest BCUT2D eigenvalue weighted by Crippen LogP contribution is -2.54. The lowest BCUT2D eigenvalue weighted by molar-refractivity contribution is -0.138. The third-order valence-electron chi connectivity index (χ3n) is 8.12. The van der Waals surface area contributed by atoms with Gasteiger partial charge in [-0.1, -0.05) is 69.3 Å². The van der Waals surface area contributed by atoms with E-state index in [2.05, 4.69) is 22.0 Å². The zero-order valence-electron chi connectivity index (χ0n) is 24.8. The van der Waals surface area contributed by atoms with Crippen LogP contribution in [-0.4, -0.2) is 47.2 Å². The van der Waals surface area contributed by atoms with Crippen LogP contribution in [0.2, 0.25) is 0 Å². The van der Waals surface area contributed by atoms with Crippen LogP contribution in [-0.2, 0) is 19.8 Å². The number of benzene rings is 3. The summed E-state index contributed by atoms with van der Waals surface area (Å²) in [6.07, 6.45) is 0.365. The summed E-state index contributed by atoms with van der Waals surface area (Å²) in [6, 6.07) is 19.9. The molecule has 0 saturated carbocycles. The topological polar surface area (TPSA) is 131 Å². The fourth-order valence-electron chi connectivity index (χ4n) is 6.02. The van der Waals surface area contributed by atoms with Crippen LogP contribution in [0.1, 0.15) is 61.1 Å². The second-order valence-corrected chi connectivity index (χ2v) is 12.5. The number of fused-ring (bicyclic) bond motifs is 2. The number of rotatable bonds is 7. The predicted molar refractivity (Wildman–Crippen MR) is 162 cm³/mol. The van der Waals surface area contributed by atoms with Gasteiger partial charge in [0.1, 0.15) is 23.9 Å². The molecular formula is C34H34FN5O4. The minimum atomic E-state index is -1.17. The minimum Gasteiger partial charge on any atom is -0.342 e. The molecule has 0 aromatic heterocycles. The first-order valence-corrected chi connectivity index (χ1v) is 14.4. The molecule has 0 radical (unpaired) electrons. The lowest BCUT2D eigenvalue weighted by atomic mass is 9.80. The summed E-state index contributed by atoms with van der Waals surface area (Å²) in [7, 11) is 0. The average Bonchev–Trinajstić information content (AvgIpc) is 3.52. The number of halogens is 1. The van der Waals surface area contributed by atoms with Gasteiger partial charge in [-0.3, -0.25) is 19.2 Å². The Labute approximate surface area is 255 Å². The molecule has 0 aliphatic carbocycles. The minimum absolute atomic E-state index is 0.00711. The van der Waals surface area contributed by atoms with Gasteiger partial charge in [0.05, 0.1) is 11.5 Å². The van der Waals surface area contributed by atoms with E-state index in [-0.39, 0.29) is 30.9 Å². The highest BCUT2D eigenvalue weighted by atomic mass is 19.1. The van der Waals surface area contributed by atoms with E-state index in [1.807, 2.05) is 39.0 Å². The van der Waals surface area contributed by atoms with Gasteiger partial charge in [-0.25, -0.2) is 4.39 Å². The molecular weight excluding hydrogens is 561 g/mol. The van der Waals surface area contributed by atoms with Crippen LogP contribution in [0.4, 0.5) is 10.1 Å². The second kappa shape index (κ2) is 11.9. The summed E-state index contributed by atoms with van der Waals surface area (Å²) in [4.78, 5) is 55.9. The van der Waals surface area contributed by atoms with Gasteiger partial charge in [-0.15, -0.1) is 0 Å². The molecule has 0 bridgehead atoms. The van der Waals surface area contributed by atoms with E-state index in [1.54, 1.807) is 36.4 Å². The fraction of sp³-hybridized carbons (Fsp3) is 0.324. The molecule has 3 aromatic carbocycles. The van der Waals surface area contributed by atoms with Gasteiger partial charge in [0, 0.05) is 24.2 Å². The van der Waals surface area contributed by atoms with E-state index in [4.69, 9.17) is 0 Å². The van der Waals surface area contributed by atoms with Crippen molar-refractivity contribution >= 4 is 29.3 Å². The maximum Gasteiger partial charge on any atom is 0.252 e. The first kappa shape index (κ1) is 30.4. The highest BCUT2D eigenvalue weighted by Gasteiger charge is 2.56. The number of likely N-dealkylation sites (tertiary alicyclic amines) is 1. The summed E-state index contributed by atoms with van der Waals surface area (Å²) in [5.74, 6) is -2.46. The van der Waals surface area contributed by atoms with Gasteiger partial charge in [-0.2, -0.15) is 5.26 Å². The smallest absolute Gasteiger partial charge is 0.252 e. The third-order valence-corrected chi connectivity index (χ3v) is 8.12. The van der Waals surface area contributed by atoms with Crippen LogP contribution < -0.4 is 16.0 Å². The first-order chi connectivity index (χ1) is 20.9. The van der Waals surface area contributed by atoms with E-state index >= 15 is 0 Å². The molecule has 1 spiro atoms. The standard InChI is InChI=1S/C34H34FN5O4/c1-33(2,3)18-27(31(43)40-20-34(17-24(40)19-36)25-11-7-8-12-26(25)38-32(34)44)37-30(42)28(21-9-5-4-6-10-21)39-29(41)22-13-15-23(35)16-14-22/h4-16,24,27-28H,17-18,20H2,1-3H3,(H,37,42)(H,38,44)(H,39,41)/t24-,27-,28-,34-/m0/s1. The number of hydrogen-bond donors (Lipinski definition) is 3. The Bertz CT molecular complexity index is 1630. The third kappa shape index (κ3) is 6.04. The number of carbonyl (C=O) groups excluding carboxylic acids is 4. The molecule has 3 aromatic rings. The molecule has 9 nitrogen and oxygen atoms in total. The molecule has 0 unspecified atom stereocenters. The van der Waals surface area contributed by atoms with Crippen molar-refractivity contribution in [2.24, 2.45) is 5.41 Å². The molecule has 2 aliphatic rings. The molecule has 1 saturated heterocycles. The van der Waals surface area contributed by atoms with Crippen molar-refractivity contribution in [3.05, 3.63) is 101 Å². The quantitative estimate of drug-likeness (QED) is 0.376. The Balaban J connectivity index is 1.43. The van der Waals surface area contributed by atoms with Gasteiger partial charge >= 0.3 is 0 Å². The highest BCUT2D eigenvalue weighted by molar-refractivity contribution is 6.07. The molecule has 4 atom stereocenters. The fourth-order valence-corrected chi connectivity index (χ4v) is 6.02. The van der Waals surface area contributed by atoms with Crippen LogP contribution in [0.15, 0.2) is 78.9 Å². The number of hydrogen-bond acceptors (Lipinski definition) is 5. The van der Waals surface area contributed by atoms with E-state index in [9.17, 15) is 28.8 Å². The van der Waals surface area contributed by atoms with Gasteiger partial charge < -0.3 is 20.9 Å². The van der Waals surface area contributed by atoms with Gasteiger partial charge in [0.2, 0.25) is 17.7 Å². The largest absolute Gasteiger partial charge is 0.342 e. The van der Waals surface area contributed by atoms with Gasteiger partial charge in [0.25, 0.3) is 5.91 Å². The van der Waals surface area contributed by atoms with Crippen LogP contribution in [0, 0.1) is 22.6 Å². The van der Waals surface area contributed by atoms with E-state index in [0.29, 0.717) is 11.3 Å². The molecule has 4 amide bonds. The number of para-hydroxylation sites is 1. The number of nitriles is 1. The van der Waals surface area contributed by atoms with Crippen molar-refractivity contribution in [3.63, 3.8) is 0 Å². The molecule has 226 valence electrons. The lowest BCUT2D eigenvalue weighted by Gasteiger charge is -2.32. The number of nitrogens with one attached hydrogen (secondary N) is 3. The Morgan fingerprint density at radius 3 is 2.34 bits per heavy atom. The highest BCUT2D eigenvalue weighted by Crippen LogP contribution is 2.46. The van der Waals surface area contributed by atoms with Crippen molar-refractivity contribution in [1.29, 1.82) is 5.26 Å². The number of carbonyl (C=O) groups is 4. The predicted octanol–water partition coefficient (Wildman–Crippen LogP) is 4.23. The van der Waals surface area contributed by atoms with Crippen molar-refractivity contribution in [3.8, 4) is 6.07 Å². The second-order valence-electron chi connectivity index (χ2n) is 12.5. The molecule has 1 fully saturated rings. The Hall–Kier alpha value is -5.04. The summed E-state index contributed by atoms with van der Waals surface area (Å²) in [5.41, 5.74) is 0.562. The van der Waals surface area contributed by atoms with Crippen molar-refractivity contribution in [2.45, 2.75) is 57.2 Å². The Kier molecular flexibility index (Phi) is 8.24. The zero-order chi connectivity index (χ0) is 31.6. The van der Waals surface area contributed by atoms with E-state index in [1.165, 1.54) is 17.0 Å². The Morgan fingerprint density at radius 1 is 1.02 bits per heavy atom. The zero-order valence-corrected chi connectivity index (χ0v) is 24.8.